The number of esters is 2. The van der Waals surface area contributed by atoms with Gasteiger partial charge >= 0.3 is 11.9 Å². The van der Waals surface area contributed by atoms with Crippen molar-refractivity contribution in [3.8, 4) is 0 Å². The van der Waals surface area contributed by atoms with Crippen LogP contribution in [0.2, 0.25) is 0 Å². The van der Waals surface area contributed by atoms with Crippen LogP contribution in [0, 0.1) is 11.8 Å². The molecule has 2 aromatic heterocycles. The van der Waals surface area contributed by atoms with Crippen LogP contribution in [-0.4, -0.2) is 51.1 Å². The van der Waals surface area contributed by atoms with E-state index < -0.39 is 17.6 Å². The summed E-state index contributed by atoms with van der Waals surface area (Å²) in [5.74, 6) is -0.444. The van der Waals surface area contributed by atoms with E-state index in [1.165, 1.54) is 89.9 Å². The number of unbranched alkanes of at least 4 members (excludes halogenated alkanes) is 15. The fourth-order valence-corrected chi connectivity index (χ4v) is 5.61. The number of H-pyrrole nitrogens is 2. The van der Waals surface area contributed by atoms with Crippen molar-refractivity contribution in [2.24, 2.45) is 17.6 Å². The second kappa shape index (κ2) is 24.9. The number of hydrogen-bond acceptors (Lipinski definition) is 9. The number of nitrogen functional groups attached to an aromatic ring is 1. The summed E-state index contributed by atoms with van der Waals surface area (Å²) in [5, 5.41) is 0. The van der Waals surface area contributed by atoms with Gasteiger partial charge in [0.1, 0.15) is 11.9 Å². The third kappa shape index (κ3) is 17.8. The number of carbonyl (C=O) groups is 2. The quantitative estimate of drug-likeness (QED) is 0.0406. The first-order valence-corrected chi connectivity index (χ1v) is 18.7. The fourth-order valence-electron chi connectivity index (χ4n) is 5.61. The Morgan fingerprint density at radius 2 is 1.40 bits per heavy atom. The van der Waals surface area contributed by atoms with E-state index in [-0.39, 0.29) is 48.1 Å². The van der Waals surface area contributed by atoms with Gasteiger partial charge in [-0.25, -0.2) is 4.98 Å². The number of nitrogens with one attached hydrogen (secondary N) is 2. The van der Waals surface area contributed by atoms with Crippen molar-refractivity contribution < 1.29 is 19.1 Å². The minimum atomic E-state index is -0.697. The van der Waals surface area contributed by atoms with Gasteiger partial charge in [0.05, 0.1) is 13.2 Å². The Hall–Kier alpha value is -3.21. The van der Waals surface area contributed by atoms with E-state index in [9.17, 15) is 14.4 Å². The lowest BCUT2D eigenvalue weighted by molar-refractivity contribution is -0.149. The van der Waals surface area contributed by atoms with Gasteiger partial charge in [0, 0.05) is 18.8 Å². The zero-order valence-corrected chi connectivity index (χ0v) is 30.0. The summed E-state index contributed by atoms with van der Waals surface area (Å²) in [6, 6.07) is -0.697. The average Bonchev–Trinajstić information content (AvgIpc) is 3.46. The van der Waals surface area contributed by atoms with E-state index in [0.29, 0.717) is 25.1 Å². The van der Waals surface area contributed by atoms with Gasteiger partial charge in [0.15, 0.2) is 11.2 Å². The molecule has 2 atom stereocenters. The molecular formula is C37H64N6O5. The SMILES string of the molecule is CCCCCCCCC=CCCCCCCCCCCCC(=O)OCC(CCOC(=O)[C@@H](N)C(C)C)Cc1nc2nc(N)[nH]c(=O)c2[nH]1. The molecule has 0 amide bonds. The van der Waals surface area contributed by atoms with Crippen LogP contribution in [0.25, 0.3) is 11.2 Å². The summed E-state index contributed by atoms with van der Waals surface area (Å²) in [6.07, 6.45) is 27.1. The molecule has 2 rings (SSSR count). The van der Waals surface area contributed by atoms with E-state index in [1.807, 2.05) is 13.8 Å². The normalized spacial score (nSPS) is 13.0. The number of rotatable bonds is 28. The lowest BCUT2D eigenvalue weighted by Gasteiger charge is -2.18. The van der Waals surface area contributed by atoms with Crippen LogP contribution in [-0.2, 0) is 25.5 Å². The highest BCUT2D eigenvalue weighted by molar-refractivity contribution is 5.75. The topological polar surface area (TPSA) is 179 Å². The number of allylic oxidation sites excluding steroid dienone is 2. The number of aromatic amines is 2. The van der Waals surface area contributed by atoms with E-state index in [2.05, 4.69) is 39.0 Å². The highest BCUT2D eigenvalue weighted by Gasteiger charge is 2.21. The van der Waals surface area contributed by atoms with Crippen molar-refractivity contribution in [1.29, 1.82) is 0 Å². The van der Waals surface area contributed by atoms with Gasteiger partial charge < -0.3 is 25.9 Å². The third-order valence-corrected chi connectivity index (χ3v) is 8.79. The summed E-state index contributed by atoms with van der Waals surface area (Å²) in [5.41, 5.74) is 11.6. The van der Waals surface area contributed by atoms with Crippen LogP contribution in [0.1, 0.15) is 149 Å². The van der Waals surface area contributed by atoms with E-state index in [0.717, 1.165) is 19.3 Å². The second-order valence-corrected chi connectivity index (χ2v) is 13.6. The van der Waals surface area contributed by atoms with Crippen LogP contribution in [0.3, 0.4) is 0 Å². The number of imidazole rings is 1. The Balaban J connectivity index is 1.60. The molecule has 0 aliphatic carbocycles. The summed E-state index contributed by atoms with van der Waals surface area (Å²) >= 11 is 0. The first kappa shape index (κ1) is 41.0. The first-order chi connectivity index (χ1) is 23.2. The molecule has 0 aliphatic rings. The predicted molar refractivity (Wildman–Crippen MR) is 193 cm³/mol. The fraction of sp³-hybridized carbons (Fsp3) is 0.757. The molecular weight excluding hydrogens is 608 g/mol. The molecule has 0 aromatic carbocycles. The lowest BCUT2D eigenvalue weighted by atomic mass is 10.0. The molecule has 2 heterocycles. The Morgan fingerprint density at radius 3 is 2.00 bits per heavy atom. The van der Waals surface area contributed by atoms with Gasteiger partial charge in [-0.2, -0.15) is 4.98 Å². The van der Waals surface area contributed by atoms with Gasteiger partial charge in [-0.05, 0) is 44.4 Å². The number of ether oxygens (including phenoxy) is 2. The van der Waals surface area contributed by atoms with E-state index >= 15 is 0 Å². The van der Waals surface area contributed by atoms with Crippen LogP contribution < -0.4 is 17.0 Å². The van der Waals surface area contributed by atoms with Gasteiger partial charge in [0.2, 0.25) is 5.95 Å². The summed E-state index contributed by atoms with van der Waals surface area (Å²) in [6.45, 7) is 6.25. The van der Waals surface area contributed by atoms with Gasteiger partial charge in [0.25, 0.3) is 5.56 Å². The Bertz CT molecular complexity index is 1260. The number of hydrogen-bond donors (Lipinski definition) is 4. The molecule has 6 N–H and O–H groups in total. The van der Waals surface area contributed by atoms with Gasteiger partial charge in [-0.15, -0.1) is 0 Å². The highest BCUT2D eigenvalue weighted by atomic mass is 16.5. The summed E-state index contributed by atoms with van der Waals surface area (Å²) in [4.78, 5) is 50.8. The van der Waals surface area contributed by atoms with Gasteiger partial charge in [-0.3, -0.25) is 19.4 Å². The van der Waals surface area contributed by atoms with Crippen LogP contribution in [0.15, 0.2) is 16.9 Å². The zero-order valence-electron chi connectivity index (χ0n) is 30.0. The van der Waals surface area contributed by atoms with Crippen LogP contribution in [0.5, 0.6) is 0 Å². The van der Waals surface area contributed by atoms with Crippen molar-refractivity contribution in [3.05, 3.63) is 28.3 Å². The second-order valence-electron chi connectivity index (χ2n) is 13.6. The molecule has 0 fully saturated rings. The van der Waals surface area contributed by atoms with Crippen LogP contribution >= 0.6 is 0 Å². The molecule has 48 heavy (non-hydrogen) atoms. The molecule has 11 nitrogen and oxygen atoms in total. The molecule has 0 saturated carbocycles. The zero-order chi connectivity index (χ0) is 35.0. The number of carbonyl (C=O) groups excluding carboxylic acids is 2. The minimum Gasteiger partial charge on any atom is -0.465 e. The van der Waals surface area contributed by atoms with Crippen molar-refractivity contribution >= 4 is 29.1 Å². The maximum Gasteiger partial charge on any atom is 0.323 e. The Morgan fingerprint density at radius 1 is 0.812 bits per heavy atom. The highest BCUT2D eigenvalue weighted by Crippen LogP contribution is 2.16. The smallest absolute Gasteiger partial charge is 0.323 e. The van der Waals surface area contributed by atoms with Crippen molar-refractivity contribution in [3.63, 3.8) is 0 Å². The molecule has 272 valence electrons. The molecule has 2 aromatic rings. The number of aromatic nitrogens is 4. The number of anilines is 1. The van der Waals surface area contributed by atoms with Crippen molar-refractivity contribution in [2.75, 3.05) is 18.9 Å². The molecule has 0 radical (unpaired) electrons. The monoisotopic (exact) mass is 672 g/mol. The molecule has 0 bridgehead atoms. The first-order valence-electron chi connectivity index (χ1n) is 18.7. The number of fused-ring (bicyclic) bond motifs is 1. The molecule has 0 spiro atoms. The number of nitrogens with zero attached hydrogens (tertiary/aromatic N) is 2. The molecule has 0 aliphatic heterocycles. The minimum absolute atomic E-state index is 0.0166. The van der Waals surface area contributed by atoms with E-state index in [1.54, 1.807) is 0 Å². The maximum atomic E-state index is 12.5. The Labute approximate surface area is 287 Å². The maximum absolute atomic E-state index is 12.5. The van der Waals surface area contributed by atoms with Gasteiger partial charge in [-0.1, -0.05) is 110 Å². The van der Waals surface area contributed by atoms with E-state index in [4.69, 9.17) is 20.9 Å². The Kier molecular flexibility index (Phi) is 21.2. The standard InChI is InChI=1S/C37H64N6O5/c1-4-5-6-7-8-9-10-11-12-13-14-15-16-17-18-19-20-21-22-23-31(44)48-27-29(24-25-47-36(46)32(38)28(2)3)26-30-40-33-34(41-30)42-37(39)43-35(33)45/h11-12,28-29,32H,4-10,13-27,38H2,1-3H3,(H4,39,40,41,42,43,45)/t29?,32-/m0/s1. The molecule has 0 saturated heterocycles. The third-order valence-electron chi connectivity index (χ3n) is 8.79. The molecule has 11 heteroatoms. The number of nitrogens with two attached hydrogens (primary N) is 2. The summed E-state index contributed by atoms with van der Waals surface area (Å²) in [7, 11) is 0. The molecule has 1 unspecified atom stereocenters. The lowest BCUT2D eigenvalue weighted by Crippen LogP contribution is -2.37. The largest absolute Gasteiger partial charge is 0.465 e. The van der Waals surface area contributed by atoms with Crippen LogP contribution in [0.4, 0.5) is 5.95 Å². The predicted octanol–water partition coefficient (Wildman–Crippen LogP) is 7.44. The average molecular weight is 673 g/mol. The van der Waals surface area contributed by atoms with Crippen molar-refractivity contribution in [2.45, 2.75) is 155 Å². The van der Waals surface area contributed by atoms with Crippen molar-refractivity contribution in [1.82, 2.24) is 19.9 Å². The summed E-state index contributed by atoms with van der Waals surface area (Å²) < 4.78 is 11.0.